The molecule has 0 aromatic rings. The molecule has 5 heteroatoms. The molecule has 0 fully saturated rings. The van der Waals surface area contributed by atoms with Gasteiger partial charge in [0.05, 0.1) is 0 Å². The first kappa shape index (κ1) is 9.51. The summed E-state index contributed by atoms with van der Waals surface area (Å²) in [4.78, 5) is 11.1. The van der Waals surface area contributed by atoms with Crippen LogP contribution in [0.2, 0.25) is 0 Å². The van der Waals surface area contributed by atoms with Crippen LogP contribution in [0.5, 0.6) is 0 Å². The second kappa shape index (κ2) is 3.43. The Morgan fingerprint density at radius 3 is 2.00 bits per heavy atom. The summed E-state index contributed by atoms with van der Waals surface area (Å²) in [7, 11) is 0. The second-order valence-electron chi connectivity index (χ2n) is 2.51. The van der Waals surface area contributed by atoms with Gasteiger partial charge in [-0.05, 0) is 12.8 Å². The minimum atomic E-state index is -0.630. The van der Waals surface area contributed by atoms with E-state index in [9.17, 15) is 4.79 Å². The molecule has 0 heterocycles. The maximum Gasteiger partial charge on any atom is 0.208 e. The van der Waals surface area contributed by atoms with Gasteiger partial charge in [0.25, 0.3) is 0 Å². The molecule has 62 valence electrons. The highest BCUT2D eigenvalue weighted by Gasteiger charge is 2.40. The van der Waals surface area contributed by atoms with Gasteiger partial charge in [0.2, 0.25) is 5.12 Å². The van der Waals surface area contributed by atoms with Gasteiger partial charge in [-0.3, -0.25) is 4.79 Å². The average Bonchev–Trinajstić information content (AvgIpc) is 2.34. The molecule has 0 radical (unpaired) electrons. The third kappa shape index (κ3) is 1.61. The van der Waals surface area contributed by atoms with Gasteiger partial charge in [-0.2, -0.15) is 3.71 Å². The van der Waals surface area contributed by atoms with Crippen molar-refractivity contribution < 1.29 is 4.79 Å². The molecule has 0 atom stereocenters. The van der Waals surface area contributed by atoms with Crippen molar-refractivity contribution in [2.45, 2.75) is 18.4 Å². The first-order valence-electron chi connectivity index (χ1n) is 3.16. The number of rotatable bonds is 2. The highest BCUT2D eigenvalue weighted by atomic mass is 32.2. The molecule has 0 aliphatic heterocycles. The number of carbonyl (C=O) groups is 1. The summed E-state index contributed by atoms with van der Waals surface area (Å²) in [5.41, 5.74) is -0.630. The number of nitrogens with zero attached hydrogens (tertiary/aromatic N) is 1. The first-order chi connectivity index (χ1) is 5.09. The van der Waals surface area contributed by atoms with Gasteiger partial charge < -0.3 is 0 Å². The molecular weight excluding hydrogens is 198 g/mol. The van der Waals surface area contributed by atoms with Crippen molar-refractivity contribution in [3.05, 3.63) is 12.2 Å². The quantitative estimate of drug-likeness (QED) is 0.471. The normalized spacial score (nSPS) is 21.1. The van der Waals surface area contributed by atoms with E-state index in [-0.39, 0.29) is 5.12 Å². The first-order valence-corrected chi connectivity index (χ1v) is 4.41. The Kier molecular flexibility index (Phi) is 2.96. The van der Waals surface area contributed by atoms with E-state index < -0.39 is 5.54 Å². The summed E-state index contributed by atoms with van der Waals surface area (Å²) in [6.45, 7) is 0. The van der Waals surface area contributed by atoms with Gasteiger partial charge in [-0.25, -0.2) is 0 Å². The summed E-state index contributed by atoms with van der Waals surface area (Å²) in [5, 5.41) is -0.187. The number of carbonyl (C=O) groups excluding carboxylic acids is 1. The van der Waals surface area contributed by atoms with E-state index in [2.05, 4.69) is 38.3 Å². The molecular formula is C6H9NOS3. The Balaban J connectivity index is 2.81. The molecule has 1 aliphatic carbocycles. The van der Waals surface area contributed by atoms with Crippen molar-refractivity contribution in [1.82, 2.24) is 3.71 Å². The highest BCUT2D eigenvalue weighted by Crippen LogP contribution is 2.34. The number of thiol groups is 3. The van der Waals surface area contributed by atoms with Crippen LogP contribution >= 0.6 is 38.3 Å². The summed E-state index contributed by atoms with van der Waals surface area (Å²) in [5.74, 6) is 0. The molecule has 0 aromatic heterocycles. The fourth-order valence-electron chi connectivity index (χ4n) is 1.06. The predicted octanol–water partition coefficient (Wildman–Crippen LogP) is 1.52. The van der Waals surface area contributed by atoms with Gasteiger partial charge in [-0.15, -0.1) is 12.6 Å². The van der Waals surface area contributed by atoms with E-state index in [0.717, 1.165) is 0 Å². The molecule has 0 spiro atoms. The Labute approximate surface area is 82.5 Å². The molecule has 0 saturated heterocycles. The van der Waals surface area contributed by atoms with Crippen molar-refractivity contribution in [3.63, 3.8) is 0 Å². The molecule has 0 bridgehead atoms. The third-order valence-corrected chi connectivity index (χ3v) is 3.04. The fraction of sp³-hybridized carbons (Fsp3) is 0.500. The second-order valence-corrected chi connectivity index (χ2v) is 4.03. The molecule has 1 aliphatic rings. The van der Waals surface area contributed by atoms with E-state index in [1.807, 2.05) is 12.2 Å². The standard InChI is InChI=1S/C6H9NOS3/c8-5(9)6(7(10)11)3-1-2-4-6/h1-2,10-11H,3-4H2,(H,8,9). The maximum atomic E-state index is 11.1. The van der Waals surface area contributed by atoms with E-state index in [0.29, 0.717) is 12.8 Å². The van der Waals surface area contributed by atoms with Crippen LogP contribution in [0.25, 0.3) is 0 Å². The monoisotopic (exact) mass is 207 g/mol. The Morgan fingerprint density at radius 2 is 1.82 bits per heavy atom. The van der Waals surface area contributed by atoms with Crippen molar-refractivity contribution in [1.29, 1.82) is 0 Å². The topological polar surface area (TPSA) is 20.3 Å². The van der Waals surface area contributed by atoms with Crippen LogP contribution < -0.4 is 0 Å². The third-order valence-electron chi connectivity index (χ3n) is 1.86. The van der Waals surface area contributed by atoms with Crippen LogP contribution in [0.3, 0.4) is 0 Å². The van der Waals surface area contributed by atoms with Crippen LogP contribution in [-0.2, 0) is 4.79 Å². The van der Waals surface area contributed by atoms with Crippen LogP contribution in [0.4, 0.5) is 0 Å². The number of hydrogen-bond donors (Lipinski definition) is 3. The minimum Gasteiger partial charge on any atom is -0.285 e. The van der Waals surface area contributed by atoms with E-state index >= 15 is 0 Å². The van der Waals surface area contributed by atoms with Gasteiger partial charge in [-0.1, -0.05) is 37.8 Å². The molecule has 0 N–H and O–H groups in total. The lowest BCUT2D eigenvalue weighted by Crippen LogP contribution is -2.41. The molecule has 0 amide bonds. The van der Waals surface area contributed by atoms with Gasteiger partial charge >= 0.3 is 0 Å². The molecule has 0 saturated carbocycles. The molecule has 11 heavy (non-hydrogen) atoms. The van der Waals surface area contributed by atoms with Crippen LogP contribution in [0, 0.1) is 0 Å². The Morgan fingerprint density at radius 1 is 1.36 bits per heavy atom. The number of hydrogen-bond acceptors (Lipinski definition) is 4. The van der Waals surface area contributed by atoms with Gasteiger partial charge in [0.15, 0.2) is 0 Å². The lowest BCUT2D eigenvalue weighted by molar-refractivity contribution is -0.116. The van der Waals surface area contributed by atoms with Crippen molar-refractivity contribution in [2.24, 2.45) is 0 Å². The van der Waals surface area contributed by atoms with E-state index in [4.69, 9.17) is 0 Å². The van der Waals surface area contributed by atoms with Gasteiger partial charge in [0.1, 0.15) is 5.54 Å². The summed E-state index contributed by atoms with van der Waals surface area (Å²) >= 11 is 11.8. The molecule has 0 unspecified atom stereocenters. The lowest BCUT2D eigenvalue weighted by Gasteiger charge is -2.29. The summed E-state index contributed by atoms with van der Waals surface area (Å²) in [6, 6.07) is 0. The SMILES string of the molecule is O=C(S)C1(N(S)S)CC=CC1. The molecule has 1 rings (SSSR count). The lowest BCUT2D eigenvalue weighted by atomic mass is 10.0. The van der Waals surface area contributed by atoms with Crippen molar-refractivity contribution >= 4 is 43.4 Å². The molecule has 0 aromatic carbocycles. The summed E-state index contributed by atoms with van der Waals surface area (Å²) in [6.07, 6.45) is 5.16. The average molecular weight is 207 g/mol. The smallest absolute Gasteiger partial charge is 0.208 e. The van der Waals surface area contributed by atoms with Crippen LogP contribution in [0.1, 0.15) is 12.8 Å². The predicted molar refractivity (Wildman–Crippen MR) is 54.9 cm³/mol. The highest BCUT2D eigenvalue weighted by molar-refractivity contribution is 7.97. The van der Waals surface area contributed by atoms with E-state index in [1.54, 1.807) is 0 Å². The van der Waals surface area contributed by atoms with E-state index in [1.165, 1.54) is 3.71 Å². The Bertz CT molecular complexity index is 194. The van der Waals surface area contributed by atoms with Crippen molar-refractivity contribution in [3.8, 4) is 0 Å². The largest absolute Gasteiger partial charge is 0.285 e. The summed E-state index contributed by atoms with van der Waals surface area (Å²) < 4.78 is 1.34. The fourth-order valence-corrected chi connectivity index (χ4v) is 2.01. The maximum absolute atomic E-state index is 11.1. The van der Waals surface area contributed by atoms with Crippen LogP contribution in [-0.4, -0.2) is 14.4 Å². The minimum absolute atomic E-state index is 0.187. The zero-order valence-corrected chi connectivity index (χ0v) is 8.45. The van der Waals surface area contributed by atoms with Crippen molar-refractivity contribution in [2.75, 3.05) is 0 Å². The van der Waals surface area contributed by atoms with Gasteiger partial charge in [0, 0.05) is 0 Å². The molecule has 2 nitrogen and oxygen atoms in total. The zero-order valence-electron chi connectivity index (χ0n) is 5.77. The Hall–Kier alpha value is 0.420. The van der Waals surface area contributed by atoms with Crippen LogP contribution in [0.15, 0.2) is 12.2 Å². The zero-order chi connectivity index (χ0) is 8.48.